The predicted molar refractivity (Wildman–Crippen MR) is 94.1 cm³/mol. The van der Waals surface area contributed by atoms with Crippen molar-refractivity contribution in [3.8, 4) is 5.75 Å². The number of hydrogen-bond acceptors (Lipinski definition) is 3. The summed E-state index contributed by atoms with van der Waals surface area (Å²) in [6.45, 7) is 3.61. The Morgan fingerprint density at radius 2 is 1.68 bits per heavy atom. The van der Waals surface area contributed by atoms with Crippen molar-refractivity contribution < 1.29 is 18.7 Å². The van der Waals surface area contributed by atoms with Crippen LogP contribution in [0.4, 0.5) is 10.1 Å². The van der Waals surface area contributed by atoms with Gasteiger partial charge in [-0.25, -0.2) is 4.39 Å². The summed E-state index contributed by atoms with van der Waals surface area (Å²) >= 11 is 0. The van der Waals surface area contributed by atoms with Crippen LogP contribution in [0.3, 0.4) is 0 Å². The Balaban J connectivity index is 2.10. The molecule has 0 saturated heterocycles. The number of hydrogen-bond donors (Lipinski definition) is 2. The SMILES string of the molecule is COc1ccc(NC(=O)[C@@H](NC(=O)c2ccccc2F)C(C)C)cc1. The van der Waals surface area contributed by atoms with Crippen LogP contribution in [0.15, 0.2) is 48.5 Å². The van der Waals surface area contributed by atoms with Crippen LogP contribution in [0.1, 0.15) is 24.2 Å². The van der Waals surface area contributed by atoms with Crippen molar-refractivity contribution in [2.45, 2.75) is 19.9 Å². The summed E-state index contributed by atoms with van der Waals surface area (Å²) in [7, 11) is 1.56. The van der Waals surface area contributed by atoms with Gasteiger partial charge in [0, 0.05) is 5.69 Å². The van der Waals surface area contributed by atoms with E-state index in [-0.39, 0.29) is 17.4 Å². The quantitative estimate of drug-likeness (QED) is 0.845. The summed E-state index contributed by atoms with van der Waals surface area (Å²) in [5.74, 6) is -1.12. The van der Waals surface area contributed by atoms with Crippen LogP contribution in [-0.2, 0) is 4.79 Å². The van der Waals surface area contributed by atoms with Crippen molar-refractivity contribution in [3.05, 3.63) is 59.9 Å². The molecule has 0 aliphatic heterocycles. The first-order chi connectivity index (χ1) is 11.9. The molecule has 0 aromatic heterocycles. The van der Waals surface area contributed by atoms with Crippen molar-refractivity contribution in [1.29, 1.82) is 0 Å². The number of rotatable bonds is 6. The van der Waals surface area contributed by atoms with Crippen LogP contribution >= 0.6 is 0 Å². The summed E-state index contributed by atoms with van der Waals surface area (Å²) in [6.07, 6.45) is 0. The van der Waals surface area contributed by atoms with Crippen LogP contribution in [-0.4, -0.2) is 25.0 Å². The topological polar surface area (TPSA) is 67.4 Å². The van der Waals surface area contributed by atoms with E-state index in [0.29, 0.717) is 11.4 Å². The molecule has 2 rings (SSSR count). The number of nitrogens with one attached hydrogen (secondary N) is 2. The molecule has 1 atom stereocenters. The molecule has 132 valence electrons. The Kier molecular flexibility index (Phi) is 6.11. The molecule has 2 amide bonds. The molecule has 2 aromatic carbocycles. The molecule has 0 aliphatic carbocycles. The fourth-order valence-electron chi connectivity index (χ4n) is 2.29. The van der Waals surface area contributed by atoms with Crippen molar-refractivity contribution in [2.24, 2.45) is 5.92 Å². The Hall–Kier alpha value is -2.89. The first-order valence-corrected chi connectivity index (χ1v) is 7.92. The van der Waals surface area contributed by atoms with Crippen molar-refractivity contribution in [2.75, 3.05) is 12.4 Å². The molecular formula is C19H21FN2O3. The van der Waals surface area contributed by atoms with Gasteiger partial charge in [-0.1, -0.05) is 26.0 Å². The zero-order chi connectivity index (χ0) is 18.4. The molecule has 0 fully saturated rings. The van der Waals surface area contributed by atoms with E-state index in [4.69, 9.17) is 4.74 Å². The molecule has 5 nitrogen and oxygen atoms in total. The van der Waals surface area contributed by atoms with E-state index in [9.17, 15) is 14.0 Å². The second-order valence-corrected chi connectivity index (χ2v) is 5.89. The fraction of sp³-hybridized carbons (Fsp3) is 0.263. The average Bonchev–Trinajstić information content (AvgIpc) is 2.60. The standard InChI is InChI=1S/C19H21FN2O3/c1-12(2)17(22-18(23)15-6-4-5-7-16(15)20)19(24)21-13-8-10-14(25-3)11-9-13/h4-12,17H,1-3H3,(H,21,24)(H,22,23)/t17-/m0/s1. The number of benzene rings is 2. The molecule has 0 unspecified atom stereocenters. The summed E-state index contributed by atoms with van der Waals surface area (Å²) in [4.78, 5) is 24.8. The van der Waals surface area contributed by atoms with Gasteiger partial charge in [0.05, 0.1) is 12.7 Å². The third kappa shape index (κ3) is 4.79. The normalized spacial score (nSPS) is 11.7. The summed E-state index contributed by atoms with van der Waals surface area (Å²) < 4.78 is 18.8. The highest BCUT2D eigenvalue weighted by molar-refractivity contribution is 6.01. The maximum absolute atomic E-state index is 13.7. The molecule has 25 heavy (non-hydrogen) atoms. The molecule has 0 radical (unpaired) electrons. The smallest absolute Gasteiger partial charge is 0.254 e. The Morgan fingerprint density at radius 3 is 2.24 bits per heavy atom. The van der Waals surface area contributed by atoms with E-state index in [2.05, 4.69) is 10.6 Å². The molecule has 0 heterocycles. The molecular weight excluding hydrogens is 323 g/mol. The first kappa shape index (κ1) is 18.4. The summed E-state index contributed by atoms with van der Waals surface area (Å²) in [5.41, 5.74) is 0.488. The lowest BCUT2D eigenvalue weighted by molar-refractivity contribution is -0.118. The van der Waals surface area contributed by atoms with Gasteiger partial charge in [-0.2, -0.15) is 0 Å². The van der Waals surface area contributed by atoms with Crippen LogP contribution in [0.5, 0.6) is 5.75 Å². The van der Waals surface area contributed by atoms with E-state index < -0.39 is 17.8 Å². The van der Waals surface area contributed by atoms with Crippen molar-refractivity contribution >= 4 is 17.5 Å². The number of amides is 2. The maximum atomic E-state index is 13.7. The van der Waals surface area contributed by atoms with E-state index in [0.717, 1.165) is 0 Å². The lowest BCUT2D eigenvalue weighted by Gasteiger charge is -2.22. The van der Waals surface area contributed by atoms with Crippen LogP contribution in [0.25, 0.3) is 0 Å². The second-order valence-electron chi connectivity index (χ2n) is 5.89. The number of carbonyl (C=O) groups excluding carboxylic acids is 2. The van der Waals surface area contributed by atoms with E-state index in [1.807, 2.05) is 0 Å². The average molecular weight is 344 g/mol. The monoisotopic (exact) mass is 344 g/mol. The summed E-state index contributed by atoms with van der Waals surface area (Å²) in [5, 5.41) is 5.34. The van der Waals surface area contributed by atoms with Gasteiger partial charge in [0.2, 0.25) is 5.91 Å². The largest absolute Gasteiger partial charge is 0.497 e. The third-order valence-corrected chi connectivity index (χ3v) is 3.71. The van der Waals surface area contributed by atoms with Gasteiger partial charge in [0.25, 0.3) is 5.91 Å². The van der Waals surface area contributed by atoms with Gasteiger partial charge in [0.1, 0.15) is 17.6 Å². The number of anilines is 1. The van der Waals surface area contributed by atoms with E-state index >= 15 is 0 Å². The van der Waals surface area contributed by atoms with Gasteiger partial charge in [-0.05, 0) is 42.3 Å². The zero-order valence-electron chi connectivity index (χ0n) is 14.4. The van der Waals surface area contributed by atoms with Gasteiger partial charge in [-0.3, -0.25) is 9.59 Å². The summed E-state index contributed by atoms with van der Waals surface area (Å²) in [6, 6.07) is 11.7. The molecule has 2 aromatic rings. The Morgan fingerprint density at radius 1 is 1.04 bits per heavy atom. The minimum atomic E-state index is -0.797. The minimum absolute atomic E-state index is 0.0922. The first-order valence-electron chi connectivity index (χ1n) is 7.92. The van der Waals surface area contributed by atoms with Gasteiger partial charge in [0.15, 0.2) is 0 Å². The molecule has 0 spiro atoms. The highest BCUT2D eigenvalue weighted by Gasteiger charge is 2.25. The fourth-order valence-corrected chi connectivity index (χ4v) is 2.29. The molecule has 0 bridgehead atoms. The second kappa shape index (κ2) is 8.28. The number of methoxy groups -OCH3 is 1. The number of halogens is 1. The Bertz CT molecular complexity index is 745. The maximum Gasteiger partial charge on any atom is 0.254 e. The van der Waals surface area contributed by atoms with Crippen molar-refractivity contribution in [1.82, 2.24) is 5.32 Å². The van der Waals surface area contributed by atoms with Crippen LogP contribution < -0.4 is 15.4 Å². The molecule has 0 aliphatic rings. The molecule has 6 heteroatoms. The highest BCUT2D eigenvalue weighted by atomic mass is 19.1. The number of ether oxygens (including phenoxy) is 1. The minimum Gasteiger partial charge on any atom is -0.497 e. The predicted octanol–water partition coefficient (Wildman–Crippen LogP) is 3.23. The number of carbonyl (C=O) groups is 2. The van der Waals surface area contributed by atoms with Crippen LogP contribution in [0, 0.1) is 11.7 Å². The van der Waals surface area contributed by atoms with Gasteiger partial charge in [-0.15, -0.1) is 0 Å². The lowest BCUT2D eigenvalue weighted by Crippen LogP contribution is -2.47. The lowest BCUT2D eigenvalue weighted by atomic mass is 10.0. The Labute approximate surface area is 146 Å². The molecule has 2 N–H and O–H groups in total. The van der Waals surface area contributed by atoms with E-state index in [1.54, 1.807) is 51.3 Å². The van der Waals surface area contributed by atoms with Crippen LogP contribution in [0.2, 0.25) is 0 Å². The highest BCUT2D eigenvalue weighted by Crippen LogP contribution is 2.16. The van der Waals surface area contributed by atoms with E-state index in [1.165, 1.54) is 18.2 Å². The van der Waals surface area contributed by atoms with Gasteiger partial charge < -0.3 is 15.4 Å². The zero-order valence-corrected chi connectivity index (χ0v) is 14.4. The molecule has 0 saturated carbocycles. The van der Waals surface area contributed by atoms with Gasteiger partial charge >= 0.3 is 0 Å². The third-order valence-electron chi connectivity index (χ3n) is 3.71. The van der Waals surface area contributed by atoms with Crippen molar-refractivity contribution in [3.63, 3.8) is 0 Å².